The van der Waals surface area contributed by atoms with Gasteiger partial charge in [-0.2, -0.15) is 13.2 Å². The Labute approximate surface area is 97.5 Å². The number of pyridine rings is 1. The SMILES string of the molecule is CN(c1ccccn1)C12CC(C(F)(F)F)(C1)C2. The third kappa shape index (κ3) is 1.25. The van der Waals surface area contributed by atoms with Crippen molar-refractivity contribution in [2.75, 3.05) is 11.9 Å². The Morgan fingerprint density at radius 3 is 2.35 bits per heavy atom. The monoisotopic (exact) mass is 242 g/mol. The molecule has 3 saturated carbocycles. The molecule has 0 unspecified atom stereocenters. The number of alkyl halides is 3. The highest BCUT2D eigenvalue weighted by Gasteiger charge is 2.79. The molecule has 1 heterocycles. The van der Waals surface area contributed by atoms with E-state index >= 15 is 0 Å². The Balaban J connectivity index is 1.75. The van der Waals surface area contributed by atoms with Gasteiger partial charge in [0.25, 0.3) is 0 Å². The predicted octanol–water partition coefficient (Wildman–Crippen LogP) is 3.00. The molecule has 3 aliphatic carbocycles. The van der Waals surface area contributed by atoms with Gasteiger partial charge in [0.05, 0.1) is 5.41 Å². The van der Waals surface area contributed by atoms with E-state index in [2.05, 4.69) is 4.98 Å². The van der Waals surface area contributed by atoms with Crippen LogP contribution in [0.15, 0.2) is 24.4 Å². The van der Waals surface area contributed by atoms with Crippen LogP contribution in [0.2, 0.25) is 0 Å². The molecular formula is C12H13F3N2. The molecule has 0 N–H and O–H groups in total. The van der Waals surface area contributed by atoms with Crippen molar-refractivity contribution in [3.8, 4) is 0 Å². The third-order valence-electron chi connectivity index (χ3n) is 4.31. The summed E-state index contributed by atoms with van der Waals surface area (Å²) in [4.78, 5) is 6.08. The van der Waals surface area contributed by atoms with E-state index in [1.54, 1.807) is 12.3 Å². The van der Waals surface area contributed by atoms with Gasteiger partial charge in [-0.25, -0.2) is 4.98 Å². The van der Waals surface area contributed by atoms with Gasteiger partial charge < -0.3 is 4.90 Å². The van der Waals surface area contributed by atoms with Crippen LogP contribution in [0.4, 0.5) is 19.0 Å². The fraction of sp³-hybridized carbons (Fsp3) is 0.583. The van der Waals surface area contributed by atoms with Gasteiger partial charge >= 0.3 is 6.18 Å². The van der Waals surface area contributed by atoms with Crippen LogP contribution in [0.3, 0.4) is 0 Å². The lowest BCUT2D eigenvalue weighted by atomic mass is 9.38. The maximum Gasteiger partial charge on any atom is 0.394 e. The third-order valence-corrected chi connectivity index (χ3v) is 4.31. The average Bonchev–Trinajstić information content (AvgIpc) is 2.12. The quantitative estimate of drug-likeness (QED) is 0.792. The molecular weight excluding hydrogens is 229 g/mol. The minimum atomic E-state index is -4.04. The van der Waals surface area contributed by atoms with Gasteiger partial charge in [-0.3, -0.25) is 0 Å². The van der Waals surface area contributed by atoms with Crippen LogP contribution in [0.1, 0.15) is 19.3 Å². The molecule has 0 amide bonds. The topological polar surface area (TPSA) is 16.1 Å². The summed E-state index contributed by atoms with van der Waals surface area (Å²) >= 11 is 0. The summed E-state index contributed by atoms with van der Waals surface area (Å²) < 4.78 is 38.2. The largest absolute Gasteiger partial charge is 0.394 e. The molecule has 3 aliphatic rings. The number of anilines is 1. The van der Waals surface area contributed by atoms with E-state index in [4.69, 9.17) is 0 Å². The van der Waals surface area contributed by atoms with Crippen molar-refractivity contribution in [2.45, 2.75) is 31.0 Å². The molecule has 1 aromatic rings. The second-order valence-electron chi connectivity index (χ2n) is 5.28. The van der Waals surface area contributed by atoms with Gasteiger partial charge in [-0.05, 0) is 31.4 Å². The van der Waals surface area contributed by atoms with Crippen molar-refractivity contribution in [1.29, 1.82) is 0 Å². The van der Waals surface area contributed by atoms with E-state index in [9.17, 15) is 13.2 Å². The summed E-state index contributed by atoms with van der Waals surface area (Å²) in [6, 6.07) is 5.49. The second kappa shape index (κ2) is 2.94. The summed E-state index contributed by atoms with van der Waals surface area (Å²) in [6.45, 7) is 0. The fourth-order valence-corrected chi connectivity index (χ4v) is 3.19. The molecule has 0 spiro atoms. The highest BCUT2D eigenvalue weighted by Crippen LogP contribution is 2.75. The molecule has 92 valence electrons. The molecule has 3 fully saturated rings. The zero-order valence-corrected chi connectivity index (χ0v) is 9.46. The van der Waals surface area contributed by atoms with Crippen molar-refractivity contribution in [2.24, 2.45) is 5.41 Å². The molecule has 2 bridgehead atoms. The van der Waals surface area contributed by atoms with Crippen LogP contribution in [0.5, 0.6) is 0 Å². The van der Waals surface area contributed by atoms with Crippen molar-refractivity contribution in [1.82, 2.24) is 4.98 Å². The summed E-state index contributed by atoms with van der Waals surface area (Å²) in [7, 11) is 1.84. The lowest BCUT2D eigenvalue weighted by Crippen LogP contribution is -2.78. The minimum Gasteiger partial charge on any atom is -0.354 e. The molecule has 4 rings (SSSR count). The molecule has 5 heteroatoms. The molecule has 0 aliphatic heterocycles. The Bertz CT molecular complexity index is 421. The normalized spacial score (nSPS) is 34.8. The summed E-state index contributed by atoms with van der Waals surface area (Å²) in [5.74, 6) is 0.753. The first-order chi connectivity index (χ1) is 7.89. The van der Waals surface area contributed by atoms with E-state index < -0.39 is 11.6 Å². The smallest absolute Gasteiger partial charge is 0.354 e. The standard InChI is InChI=1S/C12H13F3N2/c1-17(9-4-2-3-5-16-9)11-6-10(7-11,8-11)12(13,14)15/h2-5H,6-8H2,1H3. The zero-order valence-electron chi connectivity index (χ0n) is 9.46. The van der Waals surface area contributed by atoms with Crippen molar-refractivity contribution in [3.63, 3.8) is 0 Å². The Kier molecular flexibility index (Phi) is 1.88. The van der Waals surface area contributed by atoms with Crippen LogP contribution >= 0.6 is 0 Å². The molecule has 1 aromatic heterocycles. The van der Waals surface area contributed by atoms with Gasteiger partial charge in [0.15, 0.2) is 0 Å². The van der Waals surface area contributed by atoms with Gasteiger partial charge in [0.1, 0.15) is 5.82 Å². The Morgan fingerprint density at radius 1 is 1.24 bits per heavy atom. The fourth-order valence-electron chi connectivity index (χ4n) is 3.19. The number of aromatic nitrogens is 1. The molecule has 2 nitrogen and oxygen atoms in total. The molecule has 0 atom stereocenters. The van der Waals surface area contributed by atoms with E-state index in [0.717, 1.165) is 5.82 Å². The van der Waals surface area contributed by atoms with Gasteiger partial charge in [0.2, 0.25) is 0 Å². The van der Waals surface area contributed by atoms with Gasteiger partial charge in [-0.15, -0.1) is 0 Å². The first-order valence-electron chi connectivity index (χ1n) is 5.60. The van der Waals surface area contributed by atoms with Crippen molar-refractivity contribution in [3.05, 3.63) is 24.4 Å². The first kappa shape index (κ1) is 10.9. The van der Waals surface area contributed by atoms with Crippen LogP contribution in [0.25, 0.3) is 0 Å². The maximum absolute atomic E-state index is 12.7. The summed E-state index contributed by atoms with van der Waals surface area (Å²) in [5, 5.41) is 0. The van der Waals surface area contributed by atoms with E-state index in [1.807, 2.05) is 24.1 Å². The highest BCUT2D eigenvalue weighted by atomic mass is 19.4. The summed E-state index contributed by atoms with van der Waals surface area (Å²) in [6.07, 6.45) is -1.72. The van der Waals surface area contributed by atoms with Crippen LogP contribution < -0.4 is 4.90 Å². The molecule has 0 radical (unpaired) electrons. The number of nitrogens with zero attached hydrogens (tertiary/aromatic N) is 2. The van der Waals surface area contributed by atoms with Crippen LogP contribution in [-0.2, 0) is 0 Å². The van der Waals surface area contributed by atoms with E-state index in [-0.39, 0.29) is 24.8 Å². The Hall–Kier alpha value is -1.26. The van der Waals surface area contributed by atoms with Crippen molar-refractivity contribution < 1.29 is 13.2 Å². The number of rotatable bonds is 2. The van der Waals surface area contributed by atoms with Gasteiger partial charge in [-0.1, -0.05) is 6.07 Å². The molecule has 0 aromatic carbocycles. The van der Waals surface area contributed by atoms with E-state index in [0.29, 0.717) is 0 Å². The number of halogens is 3. The Morgan fingerprint density at radius 2 is 1.88 bits per heavy atom. The van der Waals surface area contributed by atoms with Gasteiger partial charge in [0, 0.05) is 18.8 Å². The lowest BCUT2D eigenvalue weighted by Gasteiger charge is -2.73. The minimum absolute atomic E-state index is 0.219. The van der Waals surface area contributed by atoms with Crippen LogP contribution in [-0.4, -0.2) is 23.7 Å². The van der Waals surface area contributed by atoms with Crippen LogP contribution in [0, 0.1) is 5.41 Å². The maximum atomic E-state index is 12.7. The first-order valence-corrected chi connectivity index (χ1v) is 5.60. The second-order valence-corrected chi connectivity index (χ2v) is 5.28. The lowest BCUT2D eigenvalue weighted by molar-refractivity contribution is -0.332. The summed E-state index contributed by atoms with van der Waals surface area (Å²) in [5.41, 5.74) is -1.69. The van der Waals surface area contributed by atoms with E-state index in [1.165, 1.54) is 0 Å². The average molecular weight is 242 g/mol. The number of hydrogen-bond acceptors (Lipinski definition) is 2. The zero-order chi connectivity index (χ0) is 12.3. The number of hydrogen-bond donors (Lipinski definition) is 0. The molecule has 17 heavy (non-hydrogen) atoms. The predicted molar refractivity (Wildman–Crippen MR) is 57.7 cm³/mol. The molecule has 0 saturated heterocycles. The van der Waals surface area contributed by atoms with Crippen molar-refractivity contribution >= 4 is 5.82 Å². The highest BCUT2D eigenvalue weighted by molar-refractivity contribution is 5.47.